The van der Waals surface area contributed by atoms with Crippen LogP contribution < -0.4 is 10.6 Å². The fourth-order valence-electron chi connectivity index (χ4n) is 1.89. The summed E-state index contributed by atoms with van der Waals surface area (Å²) >= 11 is 0. The second kappa shape index (κ2) is 6.69. The van der Waals surface area contributed by atoms with Crippen molar-refractivity contribution in [1.29, 1.82) is 0 Å². The quantitative estimate of drug-likeness (QED) is 0.614. The fourth-order valence-corrected chi connectivity index (χ4v) is 1.89. The van der Waals surface area contributed by atoms with Crippen molar-refractivity contribution in [2.24, 2.45) is 0 Å². The van der Waals surface area contributed by atoms with E-state index in [2.05, 4.69) is 10.6 Å². The number of halogens is 1. The van der Waals surface area contributed by atoms with Crippen LogP contribution >= 0.6 is 0 Å². The topological polar surface area (TPSA) is 67.2 Å². The molecule has 0 saturated carbocycles. The van der Waals surface area contributed by atoms with Gasteiger partial charge in [-0.25, -0.2) is 4.39 Å². The van der Waals surface area contributed by atoms with Gasteiger partial charge in [0.05, 0.1) is 4.92 Å². The summed E-state index contributed by atoms with van der Waals surface area (Å²) in [6.45, 7) is 2.73. The summed E-state index contributed by atoms with van der Waals surface area (Å²) in [5, 5.41) is 17.1. The van der Waals surface area contributed by atoms with Crippen LogP contribution in [0.5, 0.6) is 0 Å². The van der Waals surface area contributed by atoms with Gasteiger partial charge in [-0.1, -0.05) is 13.0 Å². The van der Waals surface area contributed by atoms with E-state index in [0.717, 1.165) is 13.0 Å². The van der Waals surface area contributed by atoms with Gasteiger partial charge < -0.3 is 10.6 Å². The second-order valence-corrected chi connectivity index (χ2v) is 4.59. The van der Waals surface area contributed by atoms with E-state index in [1.165, 1.54) is 24.3 Å². The highest BCUT2D eigenvalue weighted by molar-refractivity contribution is 5.68. The van der Waals surface area contributed by atoms with E-state index >= 15 is 0 Å². The molecule has 0 radical (unpaired) electrons. The Hall–Kier alpha value is -2.63. The predicted octanol–water partition coefficient (Wildman–Crippen LogP) is 4.30. The predicted molar refractivity (Wildman–Crippen MR) is 81.6 cm³/mol. The number of non-ortho nitro benzene ring substituents is 1. The third kappa shape index (κ3) is 4.17. The van der Waals surface area contributed by atoms with E-state index in [-0.39, 0.29) is 11.5 Å². The summed E-state index contributed by atoms with van der Waals surface area (Å²) in [6, 6.07) is 10.6. The number of nitro benzene ring substituents is 1. The smallest absolute Gasteiger partial charge is 0.273 e. The summed E-state index contributed by atoms with van der Waals surface area (Å²) in [6.07, 6.45) is 0.912. The van der Waals surface area contributed by atoms with Crippen LogP contribution in [0, 0.1) is 15.9 Å². The maximum absolute atomic E-state index is 13.2. The fraction of sp³-hybridized carbons (Fsp3) is 0.200. The second-order valence-electron chi connectivity index (χ2n) is 4.59. The largest absolute Gasteiger partial charge is 0.385 e. The zero-order chi connectivity index (χ0) is 15.2. The molecule has 6 heteroatoms. The van der Waals surface area contributed by atoms with Crippen molar-refractivity contribution < 1.29 is 9.31 Å². The average Bonchev–Trinajstić information content (AvgIpc) is 2.45. The van der Waals surface area contributed by atoms with Crippen molar-refractivity contribution in [2.75, 3.05) is 17.2 Å². The molecule has 2 rings (SSSR count). The lowest BCUT2D eigenvalue weighted by molar-refractivity contribution is -0.384. The zero-order valence-corrected chi connectivity index (χ0v) is 11.6. The van der Waals surface area contributed by atoms with Gasteiger partial charge in [0.25, 0.3) is 5.69 Å². The van der Waals surface area contributed by atoms with Gasteiger partial charge in [-0.2, -0.15) is 0 Å². The summed E-state index contributed by atoms with van der Waals surface area (Å²) in [4.78, 5) is 10.5. The molecule has 2 aromatic carbocycles. The lowest BCUT2D eigenvalue weighted by atomic mass is 10.2. The van der Waals surface area contributed by atoms with Crippen molar-refractivity contribution in [3.05, 3.63) is 58.4 Å². The lowest BCUT2D eigenvalue weighted by Crippen LogP contribution is -2.02. The van der Waals surface area contributed by atoms with Crippen LogP contribution in [-0.4, -0.2) is 11.5 Å². The number of nitrogens with one attached hydrogen (secondary N) is 2. The number of rotatable bonds is 6. The number of anilines is 3. The highest BCUT2D eigenvalue weighted by Crippen LogP contribution is 2.27. The van der Waals surface area contributed by atoms with Crippen LogP contribution in [0.25, 0.3) is 0 Å². The van der Waals surface area contributed by atoms with Crippen LogP contribution in [0.2, 0.25) is 0 Å². The Kier molecular flexibility index (Phi) is 4.71. The molecular formula is C15H16FN3O2. The van der Waals surface area contributed by atoms with Crippen LogP contribution in [0.15, 0.2) is 42.5 Å². The van der Waals surface area contributed by atoms with Gasteiger partial charge in [-0.15, -0.1) is 0 Å². The minimum absolute atomic E-state index is 0.0185. The molecule has 5 nitrogen and oxygen atoms in total. The molecule has 0 heterocycles. The molecule has 0 bridgehead atoms. The molecule has 0 amide bonds. The Bertz CT molecular complexity index is 647. The Balaban J connectivity index is 2.28. The Morgan fingerprint density at radius 2 is 1.90 bits per heavy atom. The van der Waals surface area contributed by atoms with Crippen molar-refractivity contribution in [1.82, 2.24) is 0 Å². The number of hydrogen-bond acceptors (Lipinski definition) is 4. The Labute approximate surface area is 122 Å². The third-order valence-electron chi connectivity index (χ3n) is 2.82. The van der Waals surface area contributed by atoms with Crippen molar-refractivity contribution >= 4 is 22.7 Å². The highest BCUT2D eigenvalue weighted by Gasteiger charge is 2.10. The Morgan fingerprint density at radius 3 is 2.57 bits per heavy atom. The molecule has 0 spiro atoms. The van der Waals surface area contributed by atoms with Crippen molar-refractivity contribution in [3.63, 3.8) is 0 Å². The first-order valence-corrected chi connectivity index (χ1v) is 6.64. The van der Waals surface area contributed by atoms with E-state index in [9.17, 15) is 14.5 Å². The first-order chi connectivity index (χ1) is 10.1. The molecule has 110 valence electrons. The van der Waals surface area contributed by atoms with Crippen LogP contribution in [0.4, 0.5) is 27.1 Å². The monoisotopic (exact) mass is 289 g/mol. The first kappa shape index (κ1) is 14.8. The molecule has 0 aliphatic carbocycles. The standard InChI is InChI=1S/C15H16FN3O2/c1-2-6-17-13-8-14(10-15(9-13)19(20)21)18-12-5-3-4-11(16)7-12/h3-5,7-10,17-18H,2,6H2,1H3. The molecule has 0 fully saturated rings. The molecule has 2 aromatic rings. The molecule has 0 aliphatic heterocycles. The van der Waals surface area contributed by atoms with E-state index in [0.29, 0.717) is 17.1 Å². The summed E-state index contributed by atoms with van der Waals surface area (Å²) in [5.74, 6) is -0.366. The summed E-state index contributed by atoms with van der Waals surface area (Å²) in [7, 11) is 0. The molecule has 0 aliphatic rings. The average molecular weight is 289 g/mol. The van der Waals surface area contributed by atoms with Crippen LogP contribution in [-0.2, 0) is 0 Å². The van der Waals surface area contributed by atoms with Crippen LogP contribution in [0.3, 0.4) is 0 Å². The summed E-state index contributed by atoms with van der Waals surface area (Å²) < 4.78 is 13.2. The third-order valence-corrected chi connectivity index (χ3v) is 2.82. The van der Waals surface area contributed by atoms with E-state index in [1.807, 2.05) is 6.92 Å². The van der Waals surface area contributed by atoms with E-state index in [4.69, 9.17) is 0 Å². The number of benzene rings is 2. The van der Waals surface area contributed by atoms with E-state index in [1.54, 1.807) is 18.2 Å². The van der Waals surface area contributed by atoms with Gasteiger partial charge in [-0.05, 0) is 30.7 Å². The zero-order valence-electron chi connectivity index (χ0n) is 11.6. The molecular weight excluding hydrogens is 273 g/mol. The Morgan fingerprint density at radius 1 is 1.14 bits per heavy atom. The van der Waals surface area contributed by atoms with Crippen LogP contribution in [0.1, 0.15) is 13.3 Å². The minimum atomic E-state index is -0.451. The molecule has 0 atom stereocenters. The van der Waals surface area contributed by atoms with Gasteiger partial charge in [0.2, 0.25) is 0 Å². The van der Waals surface area contributed by atoms with Gasteiger partial charge in [0, 0.05) is 35.7 Å². The first-order valence-electron chi connectivity index (χ1n) is 6.64. The number of hydrogen-bond donors (Lipinski definition) is 2. The molecule has 0 saturated heterocycles. The highest BCUT2D eigenvalue weighted by atomic mass is 19.1. The maximum Gasteiger partial charge on any atom is 0.273 e. The SMILES string of the molecule is CCCNc1cc(Nc2cccc(F)c2)cc([N+](=O)[O-])c1. The van der Waals surface area contributed by atoms with Crippen molar-refractivity contribution in [2.45, 2.75) is 13.3 Å². The minimum Gasteiger partial charge on any atom is -0.385 e. The maximum atomic E-state index is 13.2. The molecule has 21 heavy (non-hydrogen) atoms. The van der Waals surface area contributed by atoms with Crippen molar-refractivity contribution in [3.8, 4) is 0 Å². The number of nitrogens with zero attached hydrogens (tertiary/aromatic N) is 1. The van der Waals surface area contributed by atoms with Gasteiger partial charge in [-0.3, -0.25) is 10.1 Å². The lowest BCUT2D eigenvalue weighted by Gasteiger charge is -2.10. The van der Waals surface area contributed by atoms with E-state index < -0.39 is 4.92 Å². The van der Waals surface area contributed by atoms with Gasteiger partial charge in [0.1, 0.15) is 5.82 Å². The van der Waals surface area contributed by atoms with Gasteiger partial charge >= 0.3 is 0 Å². The molecule has 0 unspecified atom stereocenters. The number of nitro groups is 1. The van der Waals surface area contributed by atoms with Gasteiger partial charge in [0.15, 0.2) is 0 Å². The normalized spacial score (nSPS) is 10.2. The summed E-state index contributed by atoms with van der Waals surface area (Å²) in [5.41, 5.74) is 1.71. The molecule has 0 aromatic heterocycles. The molecule has 2 N–H and O–H groups in total.